The zero-order valence-electron chi connectivity index (χ0n) is 11.8. The molecule has 1 aliphatic rings. The first-order valence-electron chi connectivity index (χ1n) is 6.57. The lowest BCUT2D eigenvalue weighted by Gasteiger charge is -2.15. The summed E-state index contributed by atoms with van der Waals surface area (Å²) < 4.78 is 27.5. The van der Waals surface area contributed by atoms with Crippen LogP contribution in [0.25, 0.3) is 0 Å². The summed E-state index contributed by atoms with van der Waals surface area (Å²) in [6.45, 7) is 6.71. The summed E-state index contributed by atoms with van der Waals surface area (Å²) in [5.74, 6) is 0. The quantitative estimate of drug-likeness (QED) is 0.865. The van der Waals surface area contributed by atoms with Gasteiger partial charge in [0.15, 0.2) is 0 Å². The van der Waals surface area contributed by atoms with Crippen molar-refractivity contribution in [3.8, 4) is 0 Å². The third-order valence-corrected chi connectivity index (χ3v) is 5.52. The molecule has 0 heterocycles. The van der Waals surface area contributed by atoms with Crippen LogP contribution in [0.15, 0.2) is 17.0 Å². The van der Waals surface area contributed by atoms with E-state index in [1.807, 2.05) is 19.9 Å². The monoisotopic (exact) mass is 282 g/mol. The molecule has 0 atom stereocenters. The second-order valence-corrected chi connectivity index (χ2v) is 7.61. The van der Waals surface area contributed by atoms with Gasteiger partial charge in [-0.05, 0) is 54.9 Å². The summed E-state index contributed by atoms with van der Waals surface area (Å²) in [5, 5.41) is 0. The number of hydrogen-bond acceptors (Lipinski definition) is 3. The highest BCUT2D eigenvalue weighted by Gasteiger charge is 2.38. The molecule has 106 valence electrons. The van der Waals surface area contributed by atoms with Gasteiger partial charge in [-0.15, -0.1) is 0 Å². The first kappa shape index (κ1) is 14.5. The smallest absolute Gasteiger partial charge is 0.240 e. The summed E-state index contributed by atoms with van der Waals surface area (Å²) in [5.41, 5.74) is 8.38. The SMILES string of the molecule is Cc1cc(CN)cc(S(=O)(=O)NCC2(C)CC2)c1C. The van der Waals surface area contributed by atoms with Crippen LogP contribution in [0.3, 0.4) is 0 Å². The maximum Gasteiger partial charge on any atom is 0.240 e. The van der Waals surface area contributed by atoms with Crippen molar-refractivity contribution in [3.63, 3.8) is 0 Å². The Bertz CT molecular complexity index is 590. The summed E-state index contributed by atoms with van der Waals surface area (Å²) in [4.78, 5) is 0.359. The van der Waals surface area contributed by atoms with Crippen molar-refractivity contribution < 1.29 is 8.42 Å². The lowest BCUT2D eigenvalue weighted by Crippen LogP contribution is -2.30. The molecule has 0 radical (unpaired) electrons. The minimum atomic E-state index is -3.44. The van der Waals surface area contributed by atoms with Gasteiger partial charge in [-0.25, -0.2) is 13.1 Å². The predicted molar refractivity (Wildman–Crippen MR) is 76.3 cm³/mol. The van der Waals surface area contributed by atoms with Crippen LogP contribution in [0, 0.1) is 19.3 Å². The molecule has 1 aromatic carbocycles. The van der Waals surface area contributed by atoms with Crippen molar-refractivity contribution in [2.24, 2.45) is 11.1 Å². The lowest BCUT2D eigenvalue weighted by molar-refractivity contribution is 0.530. The number of sulfonamides is 1. The molecule has 5 heteroatoms. The van der Waals surface area contributed by atoms with Crippen LogP contribution < -0.4 is 10.5 Å². The summed E-state index contributed by atoms with van der Waals surface area (Å²) in [7, 11) is -3.44. The van der Waals surface area contributed by atoms with Crippen molar-refractivity contribution in [3.05, 3.63) is 28.8 Å². The number of nitrogens with one attached hydrogen (secondary N) is 1. The molecule has 0 aliphatic heterocycles. The zero-order chi connectivity index (χ0) is 14.3. The molecule has 4 nitrogen and oxygen atoms in total. The van der Waals surface area contributed by atoms with E-state index in [2.05, 4.69) is 11.6 Å². The van der Waals surface area contributed by atoms with Gasteiger partial charge in [0.1, 0.15) is 0 Å². The number of hydrogen-bond donors (Lipinski definition) is 2. The van der Waals surface area contributed by atoms with Crippen molar-refractivity contribution in [2.45, 2.75) is 45.1 Å². The molecule has 0 aromatic heterocycles. The molecule has 2 rings (SSSR count). The van der Waals surface area contributed by atoms with Crippen molar-refractivity contribution >= 4 is 10.0 Å². The Morgan fingerprint density at radius 1 is 1.32 bits per heavy atom. The Morgan fingerprint density at radius 2 is 1.95 bits per heavy atom. The molecule has 0 bridgehead atoms. The Morgan fingerprint density at radius 3 is 2.47 bits per heavy atom. The fraction of sp³-hybridized carbons (Fsp3) is 0.571. The van der Waals surface area contributed by atoms with Gasteiger partial charge in [0.2, 0.25) is 10.0 Å². The standard InChI is InChI=1S/C14H22N2O2S/c1-10-6-12(8-15)7-13(11(10)2)19(17,18)16-9-14(3)4-5-14/h6-7,16H,4-5,8-9,15H2,1-3H3. The van der Waals surface area contributed by atoms with Crippen LogP contribution in [0.5, 0.6) is 0 Å². The van der Waals surface area contributed by atoms with E-state index in [0.717, 1.165) is 29.5 Å². The van der Waals surface area contributed by atoms with Crippen LogP contribution >= 0.6 is 0 Å². The van der Waals surface area contributed by atoms with Gasteiger partial charge in [0, 0.05) is 13.1 Å². The van der Waals surface area contributed by atoms with E-state index in [4.69, 9.17) is 5.73 Å². The minimum Gasteiger partial charge on any atom is -0.326 e. The fourth-order valence-corrected chi connectivity index (χ4v) is 3.60. The molecular weight excluding hydrogens is 260 g/mol. The highest BCUT2D eigenvalue weighted by Crippen LogP contribution is 2.44. The molecule has 1 aromatic rings. The molecule has 19 heavy (non-hydrogen) atoms. The fourth-order valence-electron chi connectivity index (χ4n) is 2.03. The maximum absolute atomic E-state index is 12.4. The van der Waals surface area contributed by atoms with Crippen LogP contribution in [0.1, 0.15) is 36.5 Å². The summed E-state index contributed by atoms with van der Waals surface area (Å²) >= 11 is 0. The lowest BCUT2D eigenvalue weighted by atomic mass is 10.1. The topological polar surface area (TPSA) is 72.2 Å². The number of benzene rings is 1. The van der Waals surface area contributed by atoms with E-state index < -0.39 is 10.0 Å². The molecule has 1 saturated carbocycles. The van der Waals surface area contributed by atoms with Gasteiger partial charge >= 0.3 is 0 Å². The summed E-state index contributed by atoms with van der Waals surface area (Å²) in [6.07, 6.45) is 2.19. The van der Waals surface area contributed by atoms with E-state index in [1.165, 1.54) is 0 Å². The van der Waals surface area contributed by atoms with Gasteiger partial charge in [-0.2, -0.15) is 0 Å². The second-order valence-electron chi connectivity index (χ2n) is 5.88. The average Bonchev–Trinajstić information content (AvgIpc) is 3.09. The van der Waals surface area contributed by atoms with Crippen LogP contribution in [-0.2, 0) is 16.6 Å². The third-order valence-electron chi connectivity index (χ3n) is 4.00. The van der Waals surface area contributed by atoms with Gasteiger partial charge in [-0.1, -0.05) is 13.0 Å². The molecule has 0 amide bonds. The van der Waals surface area contributed by atoms with E-state index >= 15 is 0 Å². The first-order chi connectivity index (χ1) is 8.77. The molecule has 0 unspecified atom stereocenters. The van der Waals surface area contributed by atoms with Gasteiger partial charge < -0.3 is 5.73 Å². The highest BCUT2D eigenvalue weighted by atomic mass is 32.2. The maximum atomic E-state index is 12.4. The van der Waals surface area contributed by atoms with Crippen LogP contribution in [-0.4, -0.2) is 15.0 Å². The number of nitrogens with two attached hydrogens (primary N) is 1. The molecular formula is C14H22N2O2S. The highest BCUT2D eigenvalue weighted by molar-refractivity contribution is 7.89. The third kappa shape index (κ3) is 3.16. The Kier molecular flexibility index (Phi) is 3.73. The van der Waals surface area contributed by atoms with Gasteiger partial charge in [0.25, 0.3) is 0 Å². The molecule has 3 N–H and O–H groups in total. The van der Waals surface area contributed by atoms with E-state index in [1.54, 1.807) is 6.07 Å². The molecule has 1 aliphatic carbocycles. The summed E-state index contributed by atoms with van der Waals surface area (Å²) in [6, 6.07) is 3.62. The molecule has 0 spiro atoms. The van der Waals surface area contributed by atoms with Gasteiger partial charge in [0.05, 0.1) is 4.90 Å². The number of aryl methyl sites for hydroxylation is 1. The average molecular weight is 282 g/mol. The largest absolute Gasteiger partial charge is 0.326 e. The minimum absolute atomic E-state index is 0.154. The van der Waals surface area contributed by atoms with Crippen molar-refractivity contribution in [1.82, 2.24) is 4.72 Å². The van der Waals surface area contributed by atoms with Crippen LogP contribution in [0.4, 0.5) is 0 Å². The van der Waals surface area contributed by atoms with Crippen molar-refractivity contribution in [1.29, 1.82) is 0 Å². The van der Waals surface area contributed by atoms with Gasteiger partial charge in [-0.3, -0.25) is 0 Å². The van der Waals surface area contributed by atoms with Crippen molar-refractivity contribution in [2.75, 3.05) is 6.54 Å². The zero-order valence-corrected chi connectivity index (χ0v) is 12.6. The molecule has 0 saturated heterocycles. The normalized spacial score (nSPS) is 17.5. The predicted octanol–water partition coefficient (Wildman–Crippen LogP) is 1.84. The van der Waals surface area contributed by atoms with E-state index in [-0.39, 0.29) is 5.41 Å². The first-order valence-corrected chi connectivity index (χ1v) is 8.06. The van der Waals surface area contributed by atoms with E-state index in [0.29, 0.717) is 18.0 Å². The Hall–Kier alpha value is -0.910. The Balaban J connectivity index is 2.30. The second kappa shape index (κ2) is 4.89. The van der Waals surface area contributed by atoms with E-state index in [9.17, 15) is 8.42 Å². The number of rotatable bonds is 5. The van der Waals surface area contributed by atoms with Crippen LogP contribution in [0.2, 0.25) is 0 Å². The Labute approximate surface area is 115 Å². The molecule has 1 fully saturated rings.